The van der Waals surface area contributed by atoms with Crippen molar-refractivity contribution in [2.45, 2.75) is 30.3 Å². The Labute approximate surface area is 212 Å². The molecule has 0 spiro atoms. The molecular weight excluding hydrogens is 480 g/mol. The standard InChI is InChI=1S/C26H30N4O3S2/c1-33-24-11-7-23(8-12-24)29-35(31,32)25-13-9-21(10-14-25)27-26(34)28-22-15-17-30(18-16-22)19-20-5-3-2-4-6-20/h2-14,22,29H,15-19H2,1H3,(H2,27,28,34). The molecule has 1 aliphatic rings. The predicted octanol–water partition coefficient (Wildman–Crippen LogP) is 4.45. The second-order valence-electron chi connectivity index (χ2n) is 8.49. The fourth-order valence-corrected chi connectivity index (χ4v) is 5.36. The van der Waals surface area contributed by atoms with Crippen molar-refractivity contribution in [2.75, 3.05) is 30.2 Å². The molecule has 0 atom stereocenters. The van der Waals surface area contributed by atoms with Gasteiger partial charge >= 0.3 is 0 Å². The second-order valence-corrected chi connectivity index (χ2v) is 10.6. The molecule has 7 nitrogen and oxygen atoms in total. The first-order chi connectivity index (χ1) is 16.9. The molecular formula is C26H30N4O3S2. The maximum atomic E-state index is 12.7. The molecule has 1 saturated heterocycles. The van der Waals surface area contributed by atoms with Gasteiger partial charge in [-0.05, 0) is 79.2 Å². The summed E-state index contributed by atoms with van der Waals surface area (Å²) < 4.78 is 33.1. The summed E-state index contributed by atoms with van der Waals surface area (Å²) in [6.45, 7) is 3.00. The van der Waals surface area contributed by atoms with E-state index in [9.17, 15) is 8.42 Å². The zero-order valence-electron chi connectivity index (χ0n) is 19.6. The van der Waals surface area contributed by atoms with E-state index in [1.807, 2.05) is 6.07 Å². The van der Waals surface area contributed by atoms with Crippen LogP contribution in [-0.4, -0.2) is 44.7 Å². The maximum Gasteiger partial charge on any atom is 0.261 e. The Hall–Kier alpha value is -3.14. The first-order valence-corrected chi connectivity index (χ1v) is 13.4. The molecule has 1 fully saturated rings. The minimum atomic E-state index is -3.70. The van der Waals surface area contributed by atoms with Gasteiger partial charge in [-0.1, -0.05) is 30.3 Å². The lowest BCUT2D eigenvalue weighted by atomic mass is 10.0. The SMILES string of the molecule is COc1ccc(NS(=O)(=O)c2ccc(NC(=S)NC3CCN(Cc4ccccc4)CC3)cc2)cc1. The topological polar surface area (TPSA) is 82.7 Å². The Kier molecular flexibility index (Phi) is 8.22. The number of benzene rings is 3. The zero-order chi connectivity index (χ0) is 24.7. The zero-order valence-corrected chi connectivity index (χ0v) is 21.2. The fourth-order valence-electron chi connectivity index (χ4n) is 4.02. The van der Waals surface area contributed by atoms with Crippen molar-refractivity contribution in [1.82, 2.24) is 10.2 Å². The number of sulfonamides is 1. The highest BCUT2D eigenvalue weighted by Crippen LogP contribution is 2.21. The molecule has 35 heavy (non-hydrogen) atoms. The van der Waals surface area contributed by atoms with Crippen molar-refractivity contribution in [1.29, 1.82) is 0 Å². The number of thiocarbonyl (C=S) groups is 1. The van der Waals surface area contributed by atoms with Gasteiger partial charge in [-0.2, -0.15) is 0 Å². The number of anilines is 2. The maximum absolute atomic E-state index is 12.7. The van der Waals surface area contributed by atoms with Crippen LogP contribution in [0.3, 0.4) is 0 Å². The van der Waals surface area contributed by atoms with Crippen LogP contribution in [-0.2, 0) is 16.6 Å². The predicted molar refractivity (Wildman–Crippen MR) is 144 cm³/mol. The molecule has 3 aromatic rings. The number of nitrogens with zero attached hydrogens (tertiary/aromatic N) is 1. The quantitative estimate of drug-likeness (QED) is 0.386. The summed E-state index contributed by atoms with van der Waals surface area (Å²) in [7, 11) is -2.14. The van der Waals surface area contributed by atoms with Gasteiger partial charge in [0.15, 0.2) is 5.11 Å². The molecule has 0 aromatic heterocycles. The number of ether oxygens (including phenoxy) is 1. The monoisotopic (exact) mass is 510 g/mol. The average Bonchev–Trinajstić information content (AvgIpc) is 2.86. The van der Waals surface area contributed by atoms with Gasteiger partial charge in [0.25, 0.3) is 10.0 Å². The van der Waals surface area contributed by atoms with Gasteiger partial charge in [0, 0.05) is 37.1 Å². The van der Waals surface area contributed by atoms with Crippen molar-refractivity contribution < 1.29 is 13.2 Å². The summed E-state index contributed by atoms with van der Waals surface area (Å²) in [5, 5.41) is 7.09. The van der Waals surface area contributed by atoms with E-state index < -0.39 is 10.0 Å². The Morgan fingerprint density at radius 2 is 1.57 bits per heavy atom. The molecule has 3 N–H and O–H groups in total. The van der Waals surface area contributed by atoms with E-state index in [1.54, 1.807) is 55.6 Å². The summed E-state index contributed by atoms with van der Waals surface area (Å²) in [4.78, 5) is 2.63. The molecule has 0 radical (unpaired) electrons. The Morgan fingerprint density at radius 1 is 0.943 bits per heavy atom. The van der Waals surface area contributed by atoms with Gasteiger partial charge in [-0.3, -0.25) is 9.62 Å². The van der Waals surface area contributed by atoms with Crippen LogP contribution in [0, 0.1) is 0 Å². The van der Waals surface area contributed by atoms with Crippen molar-refractivity contribution in [3.05, 3.63) is 84.4 Å². The van der Waals surface area contributed by atoms with Crippen molar-refractivity contribution in [3.63, 3.8) is 0 Å². The van der Waals surface area contributed by atoms with Crippen LogP contribution < -0.4 is 20.1 Å². The van der Waals surface area contributed by atoms with E-state index >= 15 is 0 Å². The number of rotatable bonds is 8. The van der Waals surface area contributed by atoms with Gasteiger partial charge in [0.1, 0.15) is 5.75 Å². The summed E-state index contributed by atoms with van der Waals surface area (Å²) >= 11 is 5.49. The second kappa shape index (κ2) is 11.5. The smallest absolute Gasteiger partial charge is 0.261 e. The van der Waals surface area contributed by atoms with Crippen molar-refractivity contribution in [2.24, 2.45) is 0 Å². The van der Waals surface area contributed by atoms with Crippen molar-refractivity contribution >= 4 is 38.7 Å². The number of piperidine rings is 1. The molecule has 0 aliphatic carbocycles. The van der Waals surface area contributed by atoms with E-state index in [4.69, 9.17) is 17.0 Å². The molecule has 0 unspecified atom stereocenters. The highest BCUT2D eigenvalue weighted by atomic mass is 32.2. The Bertz CT molecular complexity index is 1210. The third-order valence-corrected chi connectivity index (χ3v) is 7.55. The normalized spacial score (nSPS) is 14.8. The largest absolute Gasteiger partial charge is 0.497 e. The lowest BCUT2D eigenvalue weighted by molar-refractivity contribution is 0.199. The average molecular weight is 511 g/mol. The number of nitrogens with one attached hydrogen (secondary N) is 3. The molecule has 4 rings (SSSR count). The van der Waals surface area contributed by atoms with Gasteiger partial charge in [0.2, 0.25) is 0 Å². The first kappa shape index (κ1) is 25.0. The minimum absolute atomic E-state index is 0.170. The number of hydrogen-bond donors (Lipinski definition) is 3. The highest BCUT2D eigenvalue weighted by Gasteiger charge is 2.20. The van der Waals surface area contributed by atoms with Crippen LogP contribution in [0.25, 0.3) is 0 Å². The molecule has 184 valence electrons. The van der Waals surface area contributed by atoms with Crippen LogP contribution in [0.4, 0.5) is 11.4 Å². The van der Waals surface area contributed by atoms with Crippen LogP contribution in [0.1, 0.15) is 18.4 Å². The molecule has 1 heterocycles. The summed E-state index contributed by atoms with van der Waals surface area (Å²) in [5.74, 6) is 0.658. The first-order valence-electron chi connectivity index (χ1n) is 11.5. The van der Waals surface area contributed by atoms with E-state index in [1.165, 1.54) is 5.56 Å². The molecule has 3 aromatic carbocycles. The van der Waals surface area contributed by atoms with Crippen LogP contribution in [0.15, 0.2) is 83.8 Å². The van der Waals surface area contributed by atoms with E-state index in [2.05, 4.69) is 44.5 Å². The number of hydrogen-bond acceptors (Lipinski definition) is 5. The van der Waals surface area contributed by atoms with Crippen LogP contribution >= 0.6 is 12.2 Å². The van der Waals surface area contributed by atoms with Gasteiger partial charge in [-0.25, -0.2) is 8.42 Å². The van der Waals surface area contributed by atoms with Gasteiger partial charge in [-0.15, -0.1) is 0 Å². The molecule has 0 amide bonds. The molecule has 0 bridgehead atoms. The summed E-state index contributed by atoms with van der Waals surface area (Å²) in [6.07, 6.45) is 2.03. The van der Waals surface area contributed by atoms with E-state index in [-0.39, 0.29) is 4.90 Å². The van der Waals surface area contributed by atoms with Gasteiger partial charge in [0.05, 0.1) is 12.0 Å². The molecule has 0 saturated carbocycles. The Balaban J connectivity index is 1.25. The Morgan fingerprint density at radius 3 is 2.20 bits per heavy atom. The molecule has 9 heteroatoms. The van der Waals surface area contributed by atoms with Gasteiger partial charge < -0.3 is 15.4 Å². The third-order valence-electron chi connectivity index (χ3n) is 5.94. The third kappa shape index (κ3) is 7.17. The van der Waals surface area contributed by atoms with E-state index in [0.29, 0.717) is 22.6 Å². The summed E-state index contributed by atoms with van der Waals surface area (Å²) in [6, 6.07) is 24.1. The van der Waals surface area contributed by atoms with Crippen LogP contribution in [0.2, 0.25) is 0 Å². The lowest BCUT2D eigenvalue weighted by Gasteiger charge is -2.33. The van der Waals surface area contributed by atoms with E-state index in [0.717, 1.165) is 38.2 Å². The highest BCUT2D eigenvalue weighted by molar-refractivity contribution is 7.92. The minimum Gasteiger partial charge on any atom is -0.497 e. The number of likely N-dealkylation sites (tertiary alicyclic amines) is 1. The fraction of sp³-hybridized carbons (Fsp3) is 0.269. The molecule has 1 aliphatic heterocycles. The lowest BCUT2D eigenvalue weighted by Crippen LogP contribution is -2.45. The number of methoxy groups -OCH3 is 1. The van der Waals surface area contributed by atoms with Crippen molar-refractivity contribution in [3.8, 4) is 5.75 Å². The van der Waals surface area contributed by atoms with Crippen LogP contribution in [0.5, 0.6) is 5.75 Å². The summed E-state index contributed by atoms with van der Waals surface area (Å²) in [5.41, 5.74) is 2.53.